The number of rotatable bonds is 6. The van der Waals surface area contributed by atoms with Crippen LogP contribution in [0.1, 0.15) is 45.4 Å². The minimum Gasteiger partial charge on any atom is -0.486 e. The van der Waals surface area contributed by atoms with Gasteiger partial charge in [0.1, 0.15) is 11.9 Å². The van der Waals surface area contributed by atoms with E-state index in [1.165, 1.54) is 0 Å². The van der Waals surface area contributed by atoms with Crippen molar-refractivity contribution in [3.05, 3.63) is 30.5 Å². The third-order valence-electron chi connectivity index (χ3n) is 5.31. The second-order valence-electron chi connectivity index (χ2n) is 7.54. The summed E-state index contributed by atoms with van der Waals surface area (Å²) < 4.78 is 16.4. The lowest BCUT2D eigenvalue weighted by atomic mass is 9.81. The molecular weight excluding hydrogens is 386 g/mol. The van der Waals surface area contributed by atoms with Gasteiger partial charge in [0, 0.05) is 17.7 Å². The SMILES string of the molecule is CCOC(=O)CC1=NN=C(NC(=O)[C@H]2C[C@H](Oc3cccc4ccoc34)C2)CCC1. The Labute approximate surface area is 174 Å². The number of esters is 1. The summed E-state index contributed by atoms with van der Waals surface area (Å²) in [5, 5.41) is 12.1. The topological polar surface area (TPSA) is 102 Å². The lowest BCUT2D eigenvalue weighted by Gasteiger charge is -2.34. The molecule has 8 nitrogen and oxygen atoms in total. The third-order valence-corrected chi connectivity index (χ3v) is 5.31. The Morgan fingerprint density at radius 3 is 2.90 bits per heavy atom. The number of hydrogen-bond acceptors (Lipinski definition) is 7. The molecule has 2 aromatic rings. The van der Waals surface area contributed by atoms with Crippen molar-refractivity contribution in [3.63, 3.8) is 0 Å². The molecule has 1 aliphatic heterocycles. The van der Waals surface area contributed by atoms with Gasteiger partial charge in [0.2, 0.25) is 5.91 Å². The second kappa shape index (κ2) is 9.11. The molecule has 1 fully saturated rings. The van der Waals surface area contributed by atoms with Gasteiger partial charge in [-0.05, 0) is 44.7 Å². The molecule has 4 rings (SSSR count). The highest BCUT2D eigenvalue weighted by molar-refractivity contribution is 6.02. The molecule has 0 atom stereocenters. The second-order valence-corrected chi connectivity index (χ2v) is 7.54. The number of nitrogens with zero attached hydrogens (tertiary/aromatic N) is 2. The molecular formula is C22H25N3O5. The first kappa shape index (κ1) is 20.1. The molecule has 1 saturated carbocycles. The average molecular weight is 411 g/mol. The summed E-state index contributed by atoms with van der Waals surface area (Å²) in [6.07, 6.45) is 5.13. The van der Waals surface area contributed by atoms with E-state index in [0.717, 1.165) is 17.4 Å². The number of para-hydroxylation sites is 1. The minimum atomic E-state index is -0.301. The van der Waals surface area contributed by atoms with Gasteiger partial charge in [0.25, 0.3) is 0 Å². The Kier molecular flexibility index (Phi) is 6.11. The van der Waals surface area contributed by atoms with Crippen molar-refractivity contribution in [1.82, 2.24) is 5.32 Å². The number of ether oxygens (including phenoxy) is 2. The van der Waals surface area contributed by atoms with E-state index in [1.807, 2.05) is 24.3 Å². The number of nitrogens with one attached hydrogen (secondary N) is 1. The van der Waals surface area contributed by atoms with Crippen LogP contribution in [0.15, 0.2) is 45.1 Å². The summed E-state index contributed by atoms with van der Waals surface area (Å²) in [6.45, 7) is 2.12. The van der Waals surface area contributed by atoms with Gasteiger partial charge in [-0.3, -0.25) is 9.59 Å². The third kappa shape index (κ3) is 4.69. The number of amidine groups is 1. The zero-order valence-corrected chi connectivity index (χ0v) is 16.9. The van der Waals surface area contributed by atoms with E-state index in [0.29, 0.717) is 49.6 Å². The molecule has 1 aromatic carbocycles. The van der Waals surface area contributed by atoms with Crippen LogP contribution in [0.25, 0.3) is 11.0 Å². The van der Waals surface area contributed by atoms with E-state index < -0.39 is 0 Å². The van der Waals surface area contributed by atoms with Crippen molar-refractivity contribution in [2.45, 2.75) is 51.6 Å². The summed E-state index contributed by atoms with van der Waals surface area (Å²) in [7, 11) is 0. The maximum Gasteiger partial charge on any atom is 0.311 e. The monoisotopic (exact) mass is 411 g/mol. The van der Waals surface area contributed by atoms with Crippen molar-refractivity contribution >= 4 is 34.4 Å². The van der Waals surface area contributed by atoms with E-state index in [-0.39, 0.29) is 30.3 Å². The van der Waals surface area contributed by atoms with E-state index in [2.05, 4.69) is 15.5 Å². The standard InChI is InChI=1S/C22H25N3O5/c1-2-28-20(26)13-16-6-4-8-19(25-24-16)23-22(27)15-11-17(12-15)30-18-7-3-5-14-9-10-29-21(14)18/h3,5,7,9-10,15,17H,2,4,6,8,11-13H2,1H3,(H,23,25,27)/t15-,17-. The molecule has 0 bridgehead atoms. The van der Waals surface area contributed by atoms with Gasteiger partial charge < -0.3 is 19.2 Å². The van der Waals surface area contributed by atoms with Gasteiger partial charge >= 0.3 is 5.97 Å². The van der Waals surface area contributed by atoms with Gasteiger partial charge in [0.15, 0.2) is 11.3 Å². The highest BCUT2D eigenvalue weighted by Gasteiger charge is 2.37. The van der Waals surface area contributed by atoms with E-state index in [1.54, 1.807) is 13.2 Å². The van der Waals surface area contributed by atoms with Gasteiger partial charge in [-0.2, -0.15) is 5.10 Å². The van der Waals surface area contributed by atoms with Crippen LogP contribution in [-0.2, 0) is 14.3 Å². The maximum atomic E-state index is 12.5. The first-order valence-electron chi connectivity index (χ1n) is 10.3. The van der Waals surface area contributed by atoms with Gasteiger partial charge in [-0.15, -0.1) is 5.10 Å². The summed E-state index contributed by atoms with van der Waals surface area (Å²) in [4.78, 5) is 24.1. The van der Waals surface area contributed by atoms with Crippen LogP contribution in [0, 0.1) is 5.92 Å². The number of fused-ring (bicyclic) bond motifs is 1. The smallest absolute Gasteiger partial charge is 0.311 e. The van der Waals surface area contributed by atoms with Crippen LogP contribution < -0.4 is 10.1 Å². The van der Waals surface area contributed by atoms with Gasteiger partial charge in [-0.1, -0.05) is 12.1 Å². The zero-order chi connectivity index (χ0) is 20.9. The largest absolute Gasteiger partial charge is 0.486 e. The highest BCUT2D eigenvalue weighted by atomic mass is 16.5. The van der Waals surface area contributed by atoms with Crippen LogP contribution >= 0.6 is 0 Å². The number of carbonyl (C=O) groups excluding carboxylic acids is 2. The Morgan fingerprint density at radius 2 is 2.07 bits per heavy atom. The van der Waals surface area contributed by atoms with E-state index >= 15 is 0 Å². The van der Waals surface area contributed by atoms with E-state index in [9.17, 15) is 9.59 Å². The molecule has 1 aromatic heterocycles. The molecule has 0 radical (unpaired) electrons. The maximum absolute atomic E-state index is 12.5. The zero-order valence-electron chi connectivity index (χ0n) is 16.9. The fourth-order valence-electron chi connectivity index (χ4n) is 3.64. The van der Waals surface area contributed by atoms with Crippen LogP contribution in [-0.4, -0.2) is 36.1 Å². The highest BCUT2D eigenvalue weighted by Crippen LogP contribution is 2.34. The lowest BCUT2D eigenvalue weighted by molar-refractivity contribution is -0.141. The number of carbonyl (C=O) groups is 2. The van der Waals surface area contributed by atoms with Crippen molar-refractivity contribution in [2.75, 3.05) is 6.61 Å². The minimum absolute atomic E-state index is 0.0123. The molecule has 1 aliphatic carbocycles. The summed E-state index contributed by atoms with van der Waals surface area (Å²) in [6, 6.07) is 7.67. The predicted octanol–water partition coefficient (Wildman–Crippen LogP) is 3.60. The van der Waals surface area contributed by atoms with Gasteiger partial charge in [0.05, 0.1) is 25.0 Å². The quantitative estimate of drug-likeness (QED) is 0.732. The Morgan fingerprint density at radius 1 is 1.20 bits per heavy atom. The first-order chi connectivity index (χ1) is 14.6. The normalized spacial score (nSPS) is 21.1. The average Bonchev–Trinajstić information content (AvgIpc) is 3.07. The predicted molar refractivity (Wildman–Crippen MR) is 111 cm³/mol. The molecule has 8 heteroatoms. The van der Waals surface area contributed by atoms with Crippen LogP contribution in [0.5, 0.6) is 5.75 Å². The first-order valence-corrected chi connectivity index (χ1v) is 10.3. The summed E-state index contributed by atoms with van der Waals surface area (Å²) >= 11 is 0. The van der Waals surface area contributed by atoms with Crippen molar-refractivity contribution in [1.29, 1.82) is 0 Å². The number of furan rings is 1. The molecule has 0 unspecified atom stereocenters. The van der Waals surface area contributed by atoms with Gasteiger partial charge in [-0.25, -0.2) is 0 Å². The van der Waals surface area contributed by atoms with E-state index in [4.69, 9.17) is 13.9 Å². The van der Waals surface area contributed by atoms with Crippen LogP contribution in [0.3, 0.4) is 0 Å². The Hall–Kier alpha value is -3.16. The van der Waals surface area contributed by atoms with Crippen molar-refractivity contribution in [2.24, 2.45) is 16.1 Å². The molecule has 158 valence electrons. The fraction of sp³-hybridized carbons (Fsp3) is 0.455. The Balaban J connectivity index is 1.27. The molecule has 1 N–H and O–H groups in total. The number of benzene rings is 1. The number of hydrogen-bond donors (Lipinski definition) is 1. The Bertz CT molecular complexity index is 988. The molecule has 30 heavy (non-hydrogen) atoms. The summed E-state index contributed by atoms with van der Waals surface area (Å²) in [5.41, 5.74) is 1.41. The summed E-state index contributed by atoms with van der Waals surface area (Å²) in [5.74, 6) is 0.778. The lowest BCUT2D eigenvalue weighted by Crippen LogP contribution is -2.45. The van der Waals surface area contributed by atoms with Crippen molar-refractivity contribution < 1.29 is 23.5 Å². The number of amides is 1. The fourth-order valence-corrected chi connectivity index (χ4v) is 3.64. The van der Waals surface area contributed by atoms with Crippen LogP contribution in [0.2, 0.25) is 0 Å². The molecule has 0 saturated heterocycles. The molecule has 0 spiro atoms. The molecule has 1 amide bonds. The van der Waals surface area contributed by atoms with Crippen molar-refractivity contribution in [3.8, 4) is 5.75 Å². The molecule has 2 aliphatic rings. The van der Waals surface area contributed by atoms with Crippen LogP contribution in [0.4, 0.5) is 0 Å². The molecule has 2 heterocycles.